The highest BCUT2D eigenvalue weighted by atomic mass is 32.2. The van der Waals surface area contributed by atoms with Gasteiger partial charge in [-0.25, -0.2) is 4.98 Å². The van der Waals surface area contributed by atoms with Crippen molar-refractivity contribution in [2.24, 2.45) is 0 Å². The summed E-state index contributed by atoms with van der Waals surface area (Å²) in [7, 11) is 0. The molecule has 0 aliphatic carbocycles. The number of rotatable bonds is 6. The summed E-state index contributed by atoms with van der Waals surface area (Å²) in [6.07, 6.45) is 1.79. The molecule has 2 aromatic carbocycles. The van der Waals surface area contributed by atoms with E-state index < -0.39 is 0 Å². The molecule has 2 aromatic heterocycles. The minimum Gasteiger partial charge on any atom is -0.490 e. The smallest absolute Gasteiger partial charge is 0.135 e. The topological polar surface area (TPSA) is 67.3 Å². The Morgan fingerprint density at radius 3 is 2.76 bits per heavy atom. The Hall–Kier alpha value is -2.35. The predicted molar refractivity (Wildman–Crippen MR) is 123 cm³/mol. The molecular formula is C22H23N3O2S2. The van der Waals surface area contributed by atoms with Crippen LogP contribution >= 0.6 is 23.1 Å². The fourth-order valence-corrected chi connectivity index (χ4v) is 4.75. The molecule has 150 valence electrons. The van der Waals surface area contributed by atoms with Crippen molar-refractivity contribution in [1.29, 1.82) is 0 Å². The van der Waals surface area contributed by atoms with Crippen molar-refractivity contribution in [3.8, 4) is 5.75 Å². The number of aromatic nitrogens is 2. The summed E-state index contributed by atoms with van der Waals surface area (Å²) in [4.78, 5) is 9.96. The van der Waals surface area contributed by atoms with Crippen LogP contribution in [0.2, 0.25) is 0 Å². The van der Waals surface area contributed by atoms with Gasteiger partial charge in [-0.2, -0.15) is 0 Å². The standard InChI is InChI=1S/C22H23N3O2S2/c1-22(2,3)29-21-11-15-16(6-7-23-17(15)12-19(21)27-9-8-26)25-14-4-5-20-18(10-14)24-13-28-20/h4-7,10-13,26H,8-9H2,1-3H3,(H,23,25). The molecule has 7 heteroatoms. The van der Waals surface area contributed by atoms with Crippen molar-refractivity contribution < 1.29 is 9.84 Å². The van der Waals surface area contributed by atoms with E-state index in [2.05, 4.69) is 60.3 Å². The van der Waals surface area contributed by atoms with Crippen LogP contribution in [0, 0.1) is 0 Å². The summed E-state index contributed by atoms with van der Waals surface area (Å²) in [5.74, 6) is 0.750. The van der Waals surface area contributed by atoms with Gasteiger partial charge in [0.25, 0.3) is 0 Å². The summed E-state index contributed by atoms with van der Waals surface area (Å²) in [5.41, 5.74) is 5.66. The minimum atomic E-state index is -0.0220. The molecule has 0 aliphatic rings. The lowest BCUT2D eigenvalue weighted by Gasteiger charge is -2.21. The van der Waals surface area contributed by atoms with Gasteiger partial charge in [-0.05, 0) is 30.3 Å². The Labute approximate surface area is 178 Å². The van der Waals surface area contributed by atoms with Crippen LogP contribution in [0.5, 0.6) is 5.75 Å². The number of nitrogens with zero attached hydrogens (tertiary/aromatic N) is 2. The van der Waals surface area contributed by atoms with Gasteiger partial charge >= 0.3 is 0 Å². The molecule has 2 N–H and O–H groups in total. The minimum absolute atomic E-state index is 0.0220. The quantitative estimate of drug-likeness (QED) is 0.378. The number of anilines is 2. The van der Waals surface area contributed by atoms with Crippen molar-refractivity contribution in [1.82, 2.24) is 9.97 Å². The number of fused-ring (bicyclic) bond motifs is 2. The van der Waals surface area contributed by atoms with E-state index in [1.807, 2.05) is 17.6 Å². The van der Waals surface area contributed by atoms with Crippen molar-refractivity contribution in [3.05, 3.63) is 48.1 Å². The Kier molecular flexibility index (Phi) is 5.63. The number of aliphatic hydroxyl groups excluding tert-OH is 1. The van der Waals surface area contributed by atoms with Crippen LogP contribution in [0.1, 0.15) is 20.8 Å². The van der Waals surface area contributed by atoms with Crippen LogP contribution in [0.4, 0.5) is 11.4 Å². The van der Waals surface area contributed by atoms with E-state index in [1.165, 1.54) is 4.70 Å². The third kappa shape index (κ3) is 4.63. The van der Waals surface area contributed by atoms with Crippen LogP contribution in [0.15, 0.2) is 53.0 Å². The molecule has 4 aromatic rings. The molecule has 0 bridgehead atoms. The van der Waals surface area contributed by atoms with Gasteiger partial charge in [0.05, 0.1) is 32.7 Å². The van der Waals surface area contributed by atoms with E-state index >= 15 is 0 Å². The Bertz CT molecular complexity index is 1150. The number of aliphatic hydroxyl groups is 1. The van der Waals surface area contributed by atoms with Gasteiger partial charge in [-0.3, -0.25) is 4.98 Å². The maximum Gasteiger partial charge on any atom is 0.135 e. The number of hydrogen-bond donors (Lipinski definition) is 2. The normalized spacial score (nSPS) is 11.9. The van der Waals surface area contributed by atoms with Crippen molar-refractivity contribution >= 4 is 55.6 Å². The third-order valence-electron chi connectivity index (χ3n) is 4.18. The summed E-state index contributed by atoms with van der Waals surface area (Å²) in [6, 6.07) is 12.3. The molecular weight excluding hydrogens is 402 g/mol. The fraction of sp³-hybridized carbons (Fsp3) is 0.273. The predicted octanol–water partition coefficient (Wildman–Crippen LogP) is 5.85. The van der Waals surface area contributed by atoms with E-state index in [4.69, 9.17) is 4.74 Å². The second-order valence-electron chi connectivity index (χ2n) is 7.62. The molecule has 0 saturated heterocycles. The summed E-state index contributed by atoms with van der Waals surface area (Å²) < 4.78 is 6.99. The first kappa shape index (κ1) is 19.9. The van der Waals surface area contributed by atoms with E-state index in [9.17, 15) is 5.11 Å². The van der Waals surface area contributed by atoms with Crippen molar-refractivity contribution in [3.63, 3.8) is 0 Å². The summed E-state index contributed by atoms with van der Waals surface area (Å²) >= 11 is 3.38. The zero-order valence-corrected chi connectivity index (χ0v) is 18.2. The molecule has 0 unspecified atom stereocenters. The zero-order chi connectivity index (χ0) is 20.4. The third-order valence-corrected chi connectivity index (χ3v) is 6.14. The molecule has 0 radical (unpaired) electrons. The van der Waals surface area contributed by atoms with Crippen LogP contribution in [-0.2, 0) is 0 Å². The highest BCUT2D eigenvalue weighted by Gasteiger charge is 2.18. The lowest BCUT2D eigenvalue weighted by molar-refractivity contribution is 0.199. The van der Waals surface area contributed by atoms with Crippen LogP contribution in [0.3, 0.4) is 0 Å². The van der Waals surface area contributed by atoms with Gasteiger partial charge < -0.3 is 15.2 Å². The fourth-order valence-electron chi connectivity index (χ4n) is 3.03. The van der Waals surface area contributed by atoms with Gasteiger partial charge in [-0.15, -0.1) is 23.1 Å². The molecule has 0 atom stereocenters. The SMILES string of the molecule is CC(C)(C)Sc1cc2c(Nc3ccc4scnc4c3)ccnc2cc1OCCO. The number of benzene rings is 2. The average Bonchev–Trinajstić information content (AvgIpc) is 3.13. The van der Waals surface area contributed by atoms with Gasteiger partial charge in [0.1, 0.15) is 12.4 Å². The first-order valence-electron chi connectivity index (χ1n) is 9.39. The Balaban J connectivity index is 1.76. The van der Waals surface area contributed by atoms with Gasteiger partial charge in [-0.1, -0.05) is 20.8 Å². The lowest BCUT2D eigenvalue weighted by atomic mass is 10.1. The molecule has 5 nitrogen and oxygen atoms in total. The molecule has 0 amide bonds. The molecule has 4 rings (SSSR count). The second kappa shape index (κ2) is 8.18. The van der Waals surface area contributed by atoms with Crippen LogP contribution < -0.4 is 10.1 Å². The number of nitrogens with one attached hydrogen (secondary N) is 1. The maximum absolute atomic E-state index is 9.17. The monoisotopic (exact) mass is 425 g/mol. The molecule has 2 heterocycles. The first-order valence-corrected chi connectivity index (χ1v) is 11.1. The summed E-state index contributed by atoms with van der Waals surface area (Å²) in [5, 5.41) is 13.7. The van der Waals surface area contributed by atoms with E-state index in [1.54, 1.807) is 29.3 Å². The van der Waals surface area contributed by atoms with Gasteiger partial charge in [0.15, 0.2) is 0 Å². The second-order valence-corrected chi connectivity index (χ2v) is 10.4. The highest BCUT2D eigenvalue weighted by molar-refractivity contribution is 8.00. The average molecular weight is 426 g/mol. The number of hydrogen-bond acceptors (Lipinski definition) is 7. The number of pyridine rings is 1. The lowest BCUT2D eigenvalue weighted by Crippen LogP contribution is -2.09. The van der Waals surface area contributed by atoms with E-state index in [0.717, 1.165) is 38.4 Å². The van der Waals surface area contributed by atoms with E-state index in [-0.39, 0.29) is 18.0 Å². The zero-order valence-electron chi connectivity index (χ0n) is 16.6. The maximum atomic E-state index is 9.17. The van der Waals surface area contributed by atoms with Crippen molar-refractivity contribution in [2.45, 2.75) is 30.4 Å². The number of thioether (sulfide) groups is 1. The van der Waals surface area contributed by atoms with E-state index in [0.29, 0.717) is 0 Å². The highest BCUT2D eigenvalue weighted by Crippen LogP contribution is 2.41. The largest absolute Gasteiger partial charge is 0.490 e. The van der Waals surface area contributed by atoms with Crippen molar-refractivity contribution in [2.75, 3.05) is 18.5 Å². The van der Waals surface area contributed by atoms with Crippen LogP contribution in [-0.4, -0.2) is 33.0 Å². The molecule has 0 fully saturated rings. The molecule has 0 saturated carbocycles. The van der Waals surface area contributed by atoms with Crippen LogP contribution in [0.25, 0.3) is 21.1 Å². The number of thiazole rings is 1. The van der Waals surface area contributed by atoms with Gasteiger partial charge in [0.2, 0.25) is 0 Å². The molecule has 0 spiro atoms. The molecule has 0 aliphatic heterocycles. The Morgan fingerprint density at radius 2 is 1.97 bits per heavy atom. The molecule has 29 heavy (non-hydrogen) atoms. The number of ether oxygens (including phenoxy) is 1. The van der Waals surface area contributed by atoms with Gasteiger partial charge in [0, 0.05) is 33.8 Å². The first-order chi connectivity index (χ1) is 13.9. The summed E-state index contributed by atoms with van der Waals surface area (Å²) in [6.45, 7) is 6.75. The Morgan fingerprint density at radius 1 is 1.10 bits per heavy atom.